The Labute approximate surface area is 126 Å². The van der Waals surface area contributed by atoms with E-state index >= 15 is 0 Å². The molecule has 0 radical (unpaired) electrons. The Hall–Kier alpha value is -2.95. The van der Waals surface area contributed by atoms with Gasteiger partial charge < -0.3 is 19.2 Å². The van der Waals surface area contributed by atoms with E-state index in [4.69, 9.17) is 13.9 Å². The predicted octanol–water partition coefficient (Wildman–Crippen LogP) is 3.72. The van der Waals surface area contributed by atoms with Gasteiger partial charge in [0, 0.05) is 22.7 Å². The second-order valence-electron chi connectivity index (χ2n) is 5.07. The molecular formula is C17H13NO4. The quantitative estimate of drug-likeness (QED) is 0.782. The molecule has 0 aliphatic carbocycles. The van der Waals surface area contributed by atoms with Gasteiger partial charge in [-0.05, 0) is 25.1 Å². The van der Waals surface area contributed by atoms with E-state index in [-0.39, 0.29) is 12.7 Å². The highest BCUT2D eigenvalue weighted by molar-refractivity contribution is 6.06. The second kappa shape index (κ2) is 4.80. The van der Waals surface area contributed by atoms with Crippen molar-refractivity contribution in [3.63, 3.8) is 0 Å². The summed E-state index contributed by atoms with van der Waals surface area (Å²) >= 11 is 0. The highest BCUT2D eigenvalue weighted by Gasteiger charge is 2.19. The van der Waals surface area contributed by atoms with E-state index in [0.29, 0.717) is 28.5 Å². The van der Waals surface area contributed by atoms with Crippen molar-refractivity contribution in [2.45, 2.75) is 6.92 Å². The third kappa shape index (κ3) is 1.98. The zero-order valence-electron chi connectivity index (χ0n) is 11.9. The summed E-state index contributed by atoms with van der Waals surface area (Å²) in [6.45, 7) is 2.08. The summed E-state index contributed by atoms with van der Waals surface area (Å²) in [4.78, 5) is 12.4. The first kappa shape index (κ1) is 12.8. The summed E-state index contributed by atoms with van der Waals surface area (Å²) in [6, 6.07) is 12.9. The number of fused-ring (bicyclic) bond motifs is 2. The van der Waals surface area contributed by atoms with Crippen molar-refractivity contribution in [3.8, 4) is 11.5 Å². The van der Waals surface area contributed by atoms with Crippen LogP contribution in [0.3, 0.4) is 0 Å². The maximum atomic E-state index is 12.4. The first-order chi connectivity index (χ1) is 10.7. The number of furan rings is 1. The van der Waals surface area contributed by atoms with Crippen molar-refractivity contribution < 1.29 is 18.7 Å². The smallest absolute Gasteiger partial charge is 0.291 e. The lowest BCUT2D eigenvalue weighted by Gasteiger charge is -2.05. The number of amides is 1. The Morgan fingerprint density at radius 3 is 2.77 bits per heavy atom. The molecule has 0 spiro atoms. The summed E-state index contributed by atoms with van der Waals surface area (Å²) in [5, 5.41) is 3.76. The standard InChI is InChI=1S/C17H13NO4/c1-10-12-4-2-3-5-13(12)22-16(10)17(19)18-11-6-7-14-15(8-11)21-9-20-14/h2-8H,9H2,1H3,(H,18,19). The van der Waals surface area contributed by atoms with E-state index in [1.165, 1.54) is 0 Å². The molecule has 0 saturated heterocycles. The molecule has 1 amide bonds. The molecule has 22 heavy (non-hydrogen) atoms. The van der Waals surface area contributed by atoms with Gasteiger partial charge in [0.05, 0.1) is 0 Å². The summed E-state index contributed by atoms with van der Waals surface area (Å²) in [5.74, 6) is 1.34. The van der Waals surface area contributed by atoms with Crippen LogP contribution in [0.5, 0.6) is 11.5 Å². The number of anilines is 1. The number of aryl methyl sites for hydroxylation is 1. The van der Waals surface area contributed by atoms with Gasteiger partial charge in [-0.25, -0.2) is 0 Å². The predicted molar refractivity (Wildman–Crippen MR) is 81.5 cm³/mol. The molecule has 5 heteroatoms. The topological polar surface area (TPSA) is 60.7 Å². The van der Waals surface area contributed by atoms with Gasteiger partial charge in [0.1, 0.15) is 5.58 Å². The molecule has 0 unspecified atom stereocenters. The SMILES string of the molecule is Cc1c(C(=O)Nc2ccc3c(c2)OCO3)oc2ccccc12. The zero-order valence-corrected chi connectivity index (χ0v) is 11.9. The molecule has 0 fully saturated rings. The minimum atomic E-state index is -0.285. The maximum absolute atomic E-state index is 12.4. The van der Waals surface area contributed by atoms with Gasteiger partial charge in [-0.3, -0.25) is 4.79 Å². The monoisotopic (exact) mass is 295 g/mol. The van der Waals surface area contributed by atoms with Gasteiger partial charge in [-0.15, -0.1) is 0 Å². The van der Waals surface area contributed by atoms with Gasteiger partial charge in [0.15, 0.2) is 17.3 Å². The highest BCUT2D eigenvalue weighted by atomic mass is 16.7. The van der Waals surface area contributed by atoms with Crippen LogP contribution in [0.2, 0.25) is 0 Å². The largest absolute Gasteiger partial charge is 0.454 e. The molecular weight excluding hydrogens is 282 g/mol. The van der Waals surface area contributed by atoms with Crippen LogP contribution in [0, 0.1) is 6.92 Å². The van der Waals surface area contributed by atoms with Crippen LogP contribution in [0.15, 0.2) is 46.9 Å². The number of ether oxygens (including phenoxy) is 2. The lowest BCUT2D eigenvalue weighted by molar-refractivity contribution is 0.0998. The Balaban J connectivity index is 1.65. The molecule has 4 rings (SSSR count). The van der Waals surface area contributed by atoms with Crippen molar-refractivity contribution in [3.05, 3.63) is 53.8 Å². The van der Waals surface area contributed by atoms with Gasteiger partial charge in [-0.1, -0.05) is 18.2 Å². The fourth-order valence-electron chi connectivity index (χ4n) is 2.55. The first-order valence-corrected chi connectivity index (χ1v) is 6.91. The molecule has 110 valence electrons. The fraction of sp³-hybridized carbons (Fsp3) is 0.118. The minimum Gasteiger partial charge on any atom is -0.454 e. The highest BCUT2D eigenvalue weighted by Crippen LogP contribution is 2.34. The molecule has 2 heterocycles. The molecule has 3 aromatic rings. The maximum Gasteiger partial charge on any atom is 0.291 e. The third-order valence-electron chi connectivity index (χ3n) is 3.68. The molecule has 0 bridgehead atoms. The number of carbonyl (C=O) groups is 1. The molecule has 0 atom stereocenters. The van der Waals surface area contributed by atoms with Crippen LogP contribution >= 0.6 is 0 Å². The third-order valence-corrected chi connectivity index (χ3v) is 3.68. The average Bonchev–Trinajstić information content (AvgIpc) is 3.12. The lowest BCUT2D eigenvalue weighted by Crippen LogP contribution is -2.12. The van der Waals surface area contributed by atoms with E-state index < -0.39 is 0 Å². The molecule has 0 saturated carbocycles. The van der Waals surface area contributed by atoms with Crippen molar-refractivity contribution >= 4 is 22.6 Å². The van der Waals surface area contributed by atoms with E-state index in [1.807, 2.05) is 31.2 Å². The van der Waals surface area contributed by atoms with Crippen LogP contribution in [-0.2, 0) is 0 Å². The fourth-order valence-corrected chi connectivity index (χ4v) is 2.55. The summed E-state index contributed by atoms with van der Waals surface area (Å²) in [7, 11) is 0. The second-order valence-corrected chi connectivity index (χ2v) is 5.07. The molecule has 1 N–H and O–H groups in total. The molecule has 5 nitrogen and oxygen atoms in total. The lowest BCUT2D eigenvalue weighted by atomic mass is 10.1. The van der Waals surface area contributed by atoms with Crippen molar-refractivity contribution in [2.75, 3.05) is 12.1 Å². The van der Waals surface area contributed by atoms with E-state index in [0.717, 1.165) is 10.9 Å². The number of para-hydroxylation sites is 1. The molecule has 1 aromatic heterocycles. The number of nitrogens with one attached hydrogen (secondary N) is 1. The zero-order chi connectivity index (χ0) is 15.1. The molecule has 1 aliphatic rings. The van der Waals surface area contributed by atoms with Gasteiger partial charge >= 0.3 is 0 Å². The van der Waals surface area contributed by atoms with Gasteiger partial charge in [-0.2, -0.15) is 0 Å². The van der Waals surface area contributed by atoms with Crippen LogP contribution in [0.4, 0.5) is 5.69 Å². The number of hydrogen-bond acceptors (Lipinski definition) is 4. The molecule has 1 aliphatic heterocycles. The summed E-state index contributed by atoms with van der Waals surface area (Å²) < 4.78 is 16.2. The Bertz CT molecular complexity index is 881. The Kier molecular flexibility index (Phi) is 2.79. The van der Waals surface area contributed by atoms with E-state index in [2.05, 4.69) is 5.32 Å². The number of carbonyl (C=O) groups excluding carboxylic acids is 1. The van der Waals surface area contributed by atoms with E-state index in [1.54, 1.807) is 18.2 Å². The summed E-state index contributed by atoms with van der Waals surface area (Å²) in [5.41, 5.74) is 2.17. The van der Waals surface area contributed by atoms with Crippen LogP contribution in [0.1, 0.15) is 16.1 Å². The number of hydrogen-bond donors (Lipinski definition) is 1. The Morgan fingerprint density at radius 1 is 1.09 bits per heavy atom. The van der Waals surface area contributed by atoms with Crippen molar-refractivity contribution in [1.29, 1.82) is 0 Å². The number of benzene rings is 2. The number of rotatable bonds is 2. The van der Waals surface area contributed by atoms with Crippen molar-refractivity contribution in [2.24, 2.45) is 0 Å². The van der Waals surface area contributed by atoms with E-state index in [9.17, 15) is 4.79 Å². The first-order valence-electron chi connectivity index (χ1n) is 6.91. The van der Waals surface area contributed by atoms with Crippen LogP contribution < -0.4 is 14.8 Å². The Morgan fingerprint density at radius 2 is 1.91 bits per heavy atom. The van der Waals surface area contributed by atoms with Crippen LogP contribution in [-0.4, -0.2) is 12.7 Å². The molecule has 2 aromatic carbocycles. The summed E-state index contributed by atoms with van der Waals surface area (Å²) in [6.07, 6.45) is 0. The van der Waals surface area contributed by atoms with Gasteiger partial charge in [0.2, 0.25) is 6.79 Å². The minimum absolute atomic E-state index is 0.204. The normalized spacial score (nSPS) is 12.6. The van der Waals surface area contributed by atoms with Crippen LogP contribution in [0.25, 0.3) is 11.0 Å². The average molecular weight is 295 g/mol. The van der Waals surface area contributed by atoms with Gasteiger partial charge in [0.25, 0.3) is 5.91 Å². The van der Waals surface area contributed by atoms with Crippen molar-refractivity contribution in [1.82, 2.24) is 0 Å².